The number of benzene rings is 1. The smallest absolute Gasteiger partial charge is 0.338 e. The van der Waals surface area contributed by atoms with Gasteiger partial charge in [0, 0.05) is 18.0 Å². The molecule has 1 aromatic rings. The largest absolute Gasteiger partial charge is 0.478 e. The van der Waals surface area contributed by atoms with Crippen molar-refractivity contribution in [2.45, 2.75) is 24.8 Å². The van der Waals surface area contributed by atoms with Gasteiger partial charge < -0.3 is 10.0 Å². The van der Waals surface area contributed by atoms with E-state index in [4.69, 9.17) is 0 Å². The van der Waals surface area contributed by atoms with Crippen LogP contribution in [0.15, 0.2) is 23.1 Å². The van der Waals surface area contributed by atoms with Crippen LogP contribution in [0.1, 0.15) is 24.2 Å². The first-order valence-electron chi connectivity index (χ1n) is 5.12. The molecule has 0 fully saturated rings. The molecule has 0 radical (unpaired) electrons. The Labute approximate surface area is 100 Å². The van der Waals surface area contributed by atoms with Crippen LogP contribution >= 0.6 is 11.8 Å². The number of carboxylic acids is 1. The number of anilines is 1. The van der Waals surface area contributed by atoms with Crippen LogP contribution in [-0.2, 0) is 0 Å². The van der Waals surface area contributed by atoms with Gasteiger partial charge in [-0.25, -0.2) is 4.79 Å². The summed E-state index contributed by atoms with van der Waals surface area (Å²) in [7, 11) is 1.91. The summed E-state index contributed by atoms with van der Waals surface area (Å²) in [5.41, 5.74) is 1.17. The average molecular weight is 239 g/mol. The maximum Gasteiger partial charge on any atom is 0.338 e. The Morgan fingerprint density at radius 2 is 2.06 bits per heavy atom. The van der Waals surface area contributed by atoms with Crippen molar-refractivity contribution in [2.75, 3.05) is 18.2 Å². The summed E-state index contributed by atoms with van der Waals surface area (Å²) in [6.45, 7) is 4.08. The summed E-state index contributed by atoms with van der Waals surface area (Å²) in [6, 6.07) is 5.86. The van der Waals surface area contributed by atoms with E-state index in [1.165, 1.54) is 11.8 Å². The molecule has 0 spiro atoms. The second kappa shape index (κ2) is 5.25. The Morgan fingerprint density at radius 1 is 1.44 bits per heavy atom. The molecular formula is C12H17NO2S. The number of aromatic carboxylic acids is 1. The molecule has 0 aliphatic rings. The molecule has 1 aromatic carbocycles. The lowest BCUT2D eigenvalue weighted by atomic mass is 10.1. The van der Waals surface area contributed by atoms with Crippen LogP contribution in [0.2, 0.25) is 0 Å². The summed E-state index contributed by atoms with van der Waals surface area (Å²) in [4.78, 5) is 14.1. The van der Waals surface area contributed by atoms with Gasteiger partial charge in [0.1, 0.15) is 0 Å². The third-order valence-corrected chi connectivity index (χ3v) is 3.37. The van der Waals surface area contributed by atoms with E-state index in [0.29, 0.717) is 5.56 Å². The van der Waals surface area contributed by atoms with Crippen molar-refractivity contribution in [3.63, 3.8) is 0 Å². The van der Waals surface area contributed by atoms with Gasteiger partial charge in [-0.15, -0.1) is 11.8 Å². The van der Waals surface area contributed by atoms with E-state index in [2.05, 4.69) is 0 Å². The Balaban J connectivity index is 3.33. The molecule has 0 unspecified atom stereocenters. The highest BCUT2D eigenvalue weighted by Gasteiger charge is 2.18. The topological polar surface area (TPSA) is 40.5 Å². The number of carboxylic acid groups (broad SMARTS) is 1. The Bertz CT molecular complexity index is 391. The molecule has 0 aliphatic carbocycles. The van der Waals surface area contributed by atoms with Gasteiger partial charge in [-0.1, -0.05) is 6.07 Å². The van der Waals surface area contributed by atoms with Gasteiger partial charge in [-0.3, -0.25) is 0 Å². The monoisotopic (exact) mass is 239 g/mol. The van der Waals surface area contributed by atoms with Crippen LogP contribution in [0.25, 0.3) is 0 Å². The van der Waals surface area contributed by atoms with E-state index >= 15 is 0 Å². The second-order valence-corrected chi connectivity index (χ2v) is 4.71. The van der Waals surface area contributed by atoms with Gasteiger partial charge in [0.25, 0.3) is 0 Å². The molecule has 1 N–H and O–H groups in total. The summed E-state index contributed by atoms with van der Waals surface area (Å²) >= 11 is 1.46. The first kappa shape index (κ1) is 12.9. The normalized spacial score (nSPS) is 10.6. The summed E-state index contributed by atoms with van der Waals surface area (Å²) in [5.74, 6) is -0.868. The summed E-state index contributed by atoms with van der Waals surface area (Å²) in [5, 5.41) is 9.27. The molecule has 4 heteroatoms. The molecular weight excluding hydrogens is 222 g/mol. The summed E-state index contributed by atoms with van der Waals surface area (Å²) < 4.78 is 0. The quantitative estimate of drug-likeness (QED) is 0.820. The zero-order chi connectivity index (χ0) is 12.3. The Morgan fingerprint density at radius 3 is 2.50 bits per heavy atom. The fourth-order valence-electron chi connectivity index (χ4n) is 1.48. The van der Waals surface area contributed by atoms with E-state index in [-0.39, 0.29) is 6.04 Å². The fourth-order valence-corrected chi connectivity index (χ4v) is 2.09. The molecule has 0 aliphatic heterocycles. The molecule has 0 saturated heterocycles. The number of rotatable bonds is 4. The minimum atomic E-state index is -0.868. The van der Waals surface area contributed by atoms with Crippen LogP contribution in [-0.4, -0.2) is 30.4 Å². The molecule has 0 atom stereocenters. The average Bonchev–Trinajstić information content (AvgIpc) is 2.26. The molecule has 1 rings (SSSR count). The van der Waals surface area contributed by atoms with Gasteiger partial charge in [0.15, 0.2) is 0 Å². The number of nitrogens with zero attached hydrogens (tertiary/aromatic N) is 1. The SMILES string of the molecule is CSc1cccc(N(C)C(C)C)c1C(=O)O. The fraction of sp³-hybridized carbons (Fsp3) is 0.417. The number of thioether (sulfide) groups is 1. The van der Waals surface area contributed by atoms with Crippen LogP contribution in [0.4, 0.5) is 5.69 Å². The lowest BCUT2D eigenvalue weighted by molar-refractivity contribution is 0.0694. The number of hydrogen-bond acceptors (Lipinski definition) is 3. The molecule has 16 heavy (non-hydrogen) atoms. The molecule has 0 saturated carbocycles. The van der Waals surface area contributed by atoms with Crippen LogP contribution in [0.5, 0.6) is 0 Å². The van der Waals surface area contributed by atoms with Crippen molar-refractivity contribution in [3.05, 3.63) is 23.8 Å². The van der Waals surface area contributed by atoms with Crippen molar-refractivity contribution >= 4 is 23.4 Å². The zero-order valence-electron chi connectivity index (χ0n) is 10.0. The minimum Gasteiger partial charge on any atom is -0.478 e. The van der Waals surface area contributed by atoms with E-state index in [9.17, 15) is 9.90 Å². The lowest BCUT2D eigenvalue weighted by Crippen LogP contribution is -2.27. The van der Waals surface area contributed by atoms with Gasteiger partial charge in [-0.05, 0) is 32.2 Å². The van der Waals surface area contributed by atoms with Crippen molar-refractivity contribution in [1.82, 2.24) is 0 Å². The number of carbonyl (C=O) groups is 1. The van der Waals surface area contributed by atoms with E-state index in [1.54, 1.807) is 0 Å². The van der Waals surface area contributed by atoms with Crippen LogP contribution in [0.3, 0.4) is 0 Å². The molecule has 0 aromatic heterocycles. The van der Waals surface area contributed by atoms with Gasteiger partial charge >= 0.3 is 5.97 Å². The van der Waals surface area contributed by atoms with E-state index < -0.39 is 5.97 Å². The van der Waals surface area contributed by atoms with Crippen molar-refractivity contribution < 1.29 is 9.90 Å². The van der Waals surface area contributed by atoms with Crippen molar-refractivity contribution in [3.8, 4) is 0 Å². The molecule has 0 bridgehead atoms. The summed E-state index contributed by atoms with van der Waals surface area (Å²) in [6.07, 6.45) is 1.89. The van der Waals surface area contributed by atoms with Crippen LogP contribution < -0.4 is 4.90 Å². The number of hydrogen-bond donors (Lipinski definition) is 1. The standard InChI is InChI=1S/C12H17NO2S/c1-8(2)13(3)9-6-5-7-10(16-4)11(9)12(14)15/h5-8H,1-4H3,(H,14,15). The van der Waals surface area contributed by atoms with Crippen molar-refractivity contribution in [2.24, 2.45) is 0 Å². The minimum absolute atomic E-state index is 0.273. The molecule has 3 nitrogen and oxygen atoms in total. The first-order valence-corrected chi connectivity index (χ1v) is 6.34. The predicted octanol–water partition coefficient (Wildman–Crippen LogP) is 2.95. The lowest BCUT2D eigenvalue weighted by Gasteiger charge is -2.26. The highest BCUT2D eigenvalue weighted by Crippen LogP contribution is 2.29. The van der Waals surface area contributed by atoms with Gasteiger partial charge in [0.2, 0.25) is 0 Å². The van der Waals surface area contributed by atoms with E-state index in [1.807, 2.05) is 50.2 Å². The van der Waals surface area contributed by atoms with Gasteiger partial charge in [0.05, 0.1) is 11.3 Å². The Kier molecular flexibility index (Phi) is 4.24. The molecule has 88 valence electrons. The Hall–Kier alpha value is -1.16. The second-order valence-electron chi connectivity index (χ2n) is 3.86. The highest BCUT2D eigenvalue weighted by atomic mass is 32.2. The van der Waals surface area contributed by atoms with Crippen LogP contribution in [0, 0.1) is 0 Å². The first-order chi connectivity index (χ1) is 7.49. The maximum absolute atomic E-state index is 11.3. The highest BCUT2D eigenvalue weighted by molar-refractivity contribution is 7.98. The van der Waals surface area contributed by atoms with Crippen molar-refractivity contribution in [1.29, 1.82) is 0 Å². The molecule has 0 amide bonds. The van der Waals surface area contributed by atoms with E-state index in [0.717, 1.165) is 10.6 Å². The third-order valence-electron chi connectivity index (χ3n) is 2.59. The van der Waals surface area contributed by atoms with Gasteiger partial charge in [-0.2, -0.15) is 0 Å². The zero-order valence-corrected chi connectivity index (χ0v) is 10.8. The third kappa shape index (κ3) is 2.50. The maximum atomic E-state index is 11.3. The predicted molar refractivity (Wildman–Crippen MR) is 68.7 cm³/mol. The molecule has 0 heterocycles.